The fraction of sp³-hybridized carbons (Fsp3) is 0.333. The molecule has 0 saturated carbocycles. The third-order valence-electron chi connectivity index (χ3n) is 4.17. The summed E-state index contributed by atoms with van der Waals surface area (Å²) < 4.78 is 0. The van der Waals surface area contributed by atoms with Gasteiger partial charge in [-0.15, -0.1) is 0 Å². The van der Waals surface area contributed by atoms with Gasteiger partial charge in [0.15, 0.2) is 0 Å². The molecule has 1 fully saturated rings. The van der Waals surface area contributed by atoms with Crippen LogP contribution in [0.4, 0.5) is 0 Å². The highest BCUT2D eigenvalue weighted by molar-refractivity contribution is 5.63. The molecule has 2 aromatic carbocycles. The Hall–Kier alpha value is -1.68. The summed E-state index contributed by atoms with van der Waals surface area (Å²) in [5.74, 6) is 0. The van der Waals surface area contributed by atoms with Crippen LogP contribution in [0.3, 0.4) is 0 Å². The van der Waals surface area contributed by atoms with Gasteiger partial charge in [0.05, 0.1) is 12.6 Å². The molecular formula is C18H22N2O. The average Bonchev–Trinajstić information content (AvgIpc) is 2.58. The smallest absolute Gasteiger partial charge is 0.0628 e. The number of piperazine rings is 1. The zero-order valence-electron chi connectivity index (χ0n) is 12.2. The molecule has 3 nitrogen and oxygen atoms in total. The first-order valence-electron chi connectivity index (χ1n) is 7.59. The standard InChI is InChI=1S/C18H22N2O/c21-14-18(20-12-10-19-11-13-20)17-8-6-16(7-9-17)15-4-2-1-3-5-15/h1-9,18-19,21H,10-14H2/t18-/m1/s1. The topological polar surface area (TPSA) is 35.5 Å². The molecule has 0 unspecified atom stereocenters. The van der Waals surface area contributed by atoms with Crippen LogP contribution in [0.1, 0.15) is 11.6 Å². The fourth-order valence-corrected chi connectivity index (χ4v) is 2.95. The van der Waals surface area contributed by atoms with Gasteiger partial charge in [0, 0.05) is 26.2 Å². The van der Waals surface area contributed by atoms with Crippen LogP contribution in [0, 0.1) is 0 Å². The van der Waals surface area contributed by atoms with E-state index >= 15 is 0 Å². The minimum atomic E-state index is 0.108. The molecule has 0 spiro atoms. The van der Waals surface area contributed by atoms with Crippen molar-refractivity contribution in [2.45, 2.75) is 6.04 Å². The third-order valence-corrected chi connectivity index (χ3v) is 4.17. The van der Waals surface area contributed by atoms with Gasteiger partial charge in [-0.2, -0.15) is 0 Å². The summed E-state index contributed by atoms with van der Waals surface area (Å²) in [7, 11) is 0. The van der Waals surface area contributed by atoms with E-state index in [1.165, 1.54) is 16.7 Å². The molecule has 1 heterocycles. The first kappa shape index (κ1) is 14.3. The summed E-state index contributed by atoms with van der Waals surface area (Å²) in [6.45, 7) is 4.15. The van der Waals surface area contributed by atoms with Crippen molar-refractivity contribution in [3.63, 3.8) is 0 Å². The van der Waals surface area contributed by atoms with Crippen LogP contribution >= 0.6 is 0 Å². The summed E-state index contributed by atoms with van der Waals surface area (Å²) in [6.07, 6.45) is 0. The maximum absolute atomic E-state index is 9.76. The van der Waals surface area contributed by atoms with Crippen molar-refractivity contribution in [2.24, 2.45) is 0 Å². The molecule has 0 aliphatic carbocycles. The van der Waals surface area contributed by atoms with Crippen LogP contribution in [0.5, 0.6) is 0 Å². The molecule has 1 aliphatic rings. The number of nitrogens with zero attached hydrogens (tertiary/aromatic N) is 1. The van der Waals surface area contributed by atoms with E-state index in [2.05, 4.69) is 58.7 Å². The zero-order valence-corrected chi connectivity index (χ0v) is 12.2. The molecular weight excluding hydrogens is 260 g/mol. The van der Waals surface area contributed by atoms with Gasteiger partial charge in [0.2, 0.25) is 0 Å². The molecule has 3 heteroatoms. The van der Waals surface area contributed by atoms with Crippen LogP contribution in [0.2, 0.25) is 0 Å². The zero-order chi connectivity index (χ0) is 14.5. The van der Waals surface area contributed by atoms with E-state index in [4.69, 9.17) is 0 Å². The molecule has 1 saturated heterocycles. The molecule has 0 radical (unpaired) electrons. The fourth-order valence-electron chi connectivity index (χ4n) is 2.95. The Bertz CT molecular complexity index is 547. The molecule has 2 aromatic rings. The summed E-state index contributed by atoms with van der Waals surface area (Å²) in [5.41, 5.74) is 3.64. The summed E-state index contributed by atoms with van der Waals surface area (Å²) >= 11 is 0. The predicted molar refractivity (Wildman–Crippen MR) is 86.1 cm³/mol. The molecule has 1 aliphatic heterocycles. The number of rotatable bonds is 4. The Labute approximate surface area is 126 Å². The van der Waals surface area contributed by atoms with Crippen LogP contribution in [-0.4, -0.2) is 42.8 Å². The Morgan fingerprint density at radius 1 is 0.905 bits per heavy atom. The van der Waals surface area contributed by atoms with Crippen molar-refractivity contribution < 1.29 is 5.11 Å². The Balaban J connectivity index is 1.79. The van der Waals surface area contributed by atoms with E-state index in [1.54, 1.807) is 0 Å². The summed E-state index contributed by atoms with van der Waals surface area (Å²) in [6, 6.07) is 19.1. The average molecular weight is 282 g/mol. The minimum absolute atomic E-state index is 0.108. The van der Waals surface area contributed by atoms with Crippen molar-refractivity contribution in [2.75, 3.05) is 32.8 Å². The summed E-state index contributed by atoms with van der Waals surface area (Å²) in [5, 5.41) is 13.1. The SMILES string of the molecule is OC[C@H](c1ccc(-c2ccccc2)cc1)N1CCNCC1. The molecule has 0 bridgehead atoms. The van der Waals surface area contributed by atoms with E-state index < -0.39 is 0 Å². The lowest BCUT2D eigenvalue weighted by Gasteiger charge is -2.34. The van der Waals surface area contributed by atoms with Crippen molar-refractivity contribution in [3.8, 4) is 11.1 Å². The molecule has 110 valence electrons. The maximum Gasteiger partial charge on any atom is 0.0628 e. The Morgan fingerprint density at radius 3 is 2.14 bits per heavy atom. The first-order chi connectivity index (χ1) is 10.4. The number of hydrogen-bond donors (Lipinski definition) is 2. The van der Waals surface area contributed by atoms with E-state index in [0.29, 0.717) is 0 Å². The quantitative estimate of drug-likeness (QED) is 0.903. The van der Waals surface area contributed by atoms with Gasteiger partial charge in [-0.25, -0.2) is 0 Å². The number of benzene rings is 2. The van der Waals surface area contributed by atoms with Gasteiger partial charge in [0.25, 0.3) is 0 Å². The lowest BCUT2D eigenvalue weighted by molar-refractivity contribution is 0.111. The van der Waals surface area contributed by atoms with E-state index in [1.807, 2.05) is 6.07 Å². The molecule has 3 rings (SSSR count). The number of nitrogens with one attached hydrogen (secondary N) is 1. The van der Waals surface area contributed by atoms with E-state index in [-0.39, 0.29) is 12.6 Å². The van der Waals surface area contributed by atoms with Gasteiger partial charge in [0.1, 0.15) is 0 Å². The van der Waals surface area contributed by atoms with Crippen molar-refractivity contribution in [1.29, 1.82) is 0 Å². The highest BCUT2D eigenvalue weighted by Crippen LogP contribution is 2.25. The van der Waals surface area contributed by atoms with Crippen LogP contribution < -0.4 is 5.32 Å². The highest BCUT2D eigenvalue weighted by atomic mass is 16.3. The third kappa shape index (κ3) is 3.32. The van der Waals surface area contributed by atoms with Gasteiger partial charge >= 0.3 is 0 Å². The minimum Gasteiger partial charge on any atom is -0.394 e. The maximum atomic E-state index is 9.76. The van der Waals surface area contributed by atoms with Crippen molar-refractivity contribution in [1.82, 2.24) is 10.2 Å². The van der Waals surface area contributed by atoms with Gasteiger partial charge < -0.3 is 10.4 Å². The number of aliphatic hydroxyl groups excluding tert-OH is 1. The lowest BCUT2D eigenvalue weighted by Crippen LogP contribution is -2.46. The second-order valence-electron chi connectivity index (χ2n) is 5.47. The van der Waals surface area contributed by atoms with Gasteiger partial charge in [-0.05, 0) is 16.7 Å². The monoisotopic (exact) mass is 282 g/mol. The van der Waals surface area contributed by atoms with Crippen molar-refractivity contribution in [3.05, 3.63) is 60.2 Å². The predicted octanol–water partition coefficient (Wildman–Crippen LogP) is 2.29. The molecule has 0 amide bonds. The number of aliphatic hydroxyl groups is 1. The highest BCUT2D eigenvalue weighted by Gasteiger charge is 2.21. The number of hydrogen-bond acceptors (Lipinski definition) is 3. The second kappa shape index (κ2) is 6.85. The molecule has 21 heavy (non-hydrogen) atoms. The second-order valence-corrected chi connectivity index (χ2v) is 5.47. The largest absolute Gasteiger partial charge is 0.394 e. The van der Waals surface area contributed by atoms with E-state index in [9.17, 15) is 5.11 Å². The van der Waals surface area contributed by atoms with Gasteiger partial charge in [-0.3, -0.25) is 4.90 Å². The van der Waals surface area contributed by atoms with Gasteiger partial charge in [-0.1, -0.05) is 54.6 Å². The lowest BCUT2D eigenvalue weighted by atomic mass is 10.00. The van der Waals surface area contributed by atoms with Crippen LogP contribution in [0.25, 0.3) is 11.1 Å². The molecule has 0 aromatic heterocycles. The Kier molecular flexibility index (Phi) is 4.65. The molecule has 1 atom stereocenters. The normalized spacial score (nSPS) is 17.6. The molecule has 2 N–H and O–H groups in total. The van der Waals surface area contributed by atoms with Crippen molar-refractivity contribution >= 4 is 0 Å². The van der Waals surface area contributed by atoms with Crippen LogP contribution in [0.15, 0.2) is 54.6 Å². The summed E-state index contributed by atoms with van der Waals surface area (Å²) in [4.78, 5) is 2.36. The van der Waals surface area contributed by atoms with Crippen LogP contribution in [-0.2, 0) is 0 Å². The van der Waals surface area contributed by atoms with E-state index in [0.717, 1.165) is 26.2 Å². The Morgan fingerprint density at radius 2 is 1.52 bits per heavy atom. The first-order valence-corrected chi connectivity index (χ1v) is 7.59.